The molecular formula is C15H32N2S. The third kappa shape index (κ3) is 5.10. The molecule has 1 atom stereocenters. The SMILES string of the molecule is CNCC1(CN(C)C(C)CSC)CCCCCC1. The first kappa shape index (κ1) is 16.3. The quantitative estimate of drug-likeness (QED) is 0.716. The third-order valence-corrected chi connectivity index (χ3v) is 5.28. The maximum absolute atomic E-state index is 3.45. The van der Waals surface area contributed by atoms with Crippen LogP contribution in [0.3, 0.4) is 0 Å². The van der Waals surface area contributed by atoms with Crippen molar-refractivity contribution in [3.05, 3.63) is 0 Å². The first-order valence-electron chi connectivity index (χ1n) is 7.47. The predicted molar refractivity (Wildman–Crippen MR) is 84.5 cm³/mol. The molecule has 108 valence electrons. The molecule has 3 heteroatoms. The van der Waals surface area contributed by atoms with Crippen LogP contribution in [-0.2, 0) is 0 Å². The van der Waals surface area contributed by atoms with Crippen LogP contribution in [0.25, 0.3) is 0 Å². The van der Waals surface area contributed by atoms with Crippen molar-refractivity contribution in [2.45, 2.75) is 51.5 Å². The van der Waals surface area contributed by atoms with Gasteiger partial charge in [0.05, 0.1) is 0 Å². The van der Waals surface area contributed by atoms with Crippen LogP contribution in [0, 0.1) is 5.41 Å². The van der Waals surface area contributed by atoms with Gasteiger partial charge in [-0.1, -0.05) is 25.7 Å². The summed E-state index contributed by atoms with van der Waals surface area (Å²) in [7, 11) is 4.42. The summed E-state index contributed by atoms with van der Waals surface area (Å²) in [6.07, 6.45) is 10.7. The molecule has 18 heavy (non-hydrogen) atoms. The summed E-state index contributed by atoms with van der Waals surface area (Å²) in [6.45, 7) is 4.80. The fourth-order valence-electron chi connectivity index (χ4n) is 3.30. The van der Waals surface area contributed by atoms with Crippen molar-refractivity contribution in [1.29, 1.82) is 0 Å². The Morgan fingerprint density at radius 3 is 2.33 bits per heavy atom. The first-order chi connectivity index (χ1) is 8.63. The summed E-state index contributed by atoms with van der Waals surface area (Å²) < 4.78 is 0. The highest BCUT2D eigenvalue weighted by Crippen LogP contribution is 2.35. The fourth-order valence-corrected chi connectivity index (χ4v) is 4.03. The molecule has 1 saturated carbocycles. The van der Waals surface area contributed by atoms with Gasteiger partial charge in [0.15, 0.2) is 0 Å². The molecule has 1 aliphatic rings. The van der Waals surface area contributed by atoms with E-state index >= 15 is 0 Å². The third-order valence-electron chi connectivity index (χ3n) is 4.46. The Bertz CT molecular complexity index is 213. The molecule has 1 aliphatic carbocycles. The van der Waals surface area contributed by atoms with E-state index in [0.717, 1.165) is 0 Å². The molecule has 1 N–H and O–H groups in total. The first-order valence-corrected chi connectivity index (χ1v) is 8.87. The second-order valence-corrected chi connectivity index (χ2v) is 7.07. The van der Waals surface area contributed by atoms with Crippen molar-refractivity contribution in [3.63, 3.8) is 0 Å². The summed E-state index contributed by atoms with van der Waals surface area (Å²) >= 11 is 1.96. The number of hydrogen-bond acceptors (Lipinski definition) is 3. The minimum Gasteiger partial charge on any atom is -0.319 e. The molecule has 0 amide bonds. The van der Waals surface area contributed by atoms with E-state index in [1.54, 1.807) is 0 Å². The second-order valence-electron chi connectivity index (χ2n) is 6.16. The summed E-state index contributed by atoms with van der Waals surface area (Å²) in [6, 6.07) is 0.692. The van der Waals surface area contributed by atoms with Gasteiger partial charge in [0.1, 0.15) is 0 Å². The lowest BCUT2D eigenvalue weighted by Crippen LogP contribution is -2.45. The summed E-state index contributed by atoms with van der Waals surface area (Å²) in [5.74, 6) is 1.24. The van der Waals surface area contributed by atoms with Crippen molar-refractivity contribution in [2.24, 2.45) is 5.41 Å². The Morgan fingerprint density at radius 2 is 1.83 bits per heavy atom. The monoisotopic (exact) mass is 272 g/mol. The number of nitrogens with zero attached hydrogens (tertiary/aromatic N) is 1. The minimum atomic E-state index is 0.521. The summed E-state index contributed by atoms with van der Waals surface area (Å²) in [5, 5.41) is 3.45. The van der Waals surface area contributed by atoms with E-state index in [1.807, 2.05) is 11.8 Å². The molecule has 2 nitrogen and oxygen atoms in total. The molecule has 0 heterocycles. The minimum absolute atomic E-state index is 0.521. The van der Waals surface area contributed by atoms with Gasteiger partial charge in [-0.3, -0.25) is 0 Å². The van der Waals surface area contributed by atoms with Crippen molar-refractivity contribution in [3.8, 4) is 0 Å². The van der Waals surface area contributed by atoms with Crippen LogP contribution in [0.1, 0.15) is 45.4 Å². The van der Waals surface area contributed by atoms with Gasteiger partial charge < -0.3 is 10.2 Å². The fraction of sp³-hybridized carbons (Fsp3) is 1.00. The van der Waals surface area contributed by atoms with Gasteiger partial charge >= 0.3 is 0 Å². The second kappa shape index (κ2) is 8.44. The van der Waals surface area contributed by atoms with Crippen LogP contribution in [0.15, 0.2) is 0 Å². The van der Waals surface area contributed by atoms with E-state index in [1.165, 1.54) is 57.4 Å². The van der Waals surface area contributed by atoms with Gasteiger partial charge in [0.2, 0.25) is 0 Å². The van der Waals surface area contributed by atoms with Crippen molar-refractivity contribution in [1.82, 2.24) is 10.2 Å². The van der Waals surface area contributed by atoms with Crippen LogP contribution in [0.4, 0.5) is 0 Å². The molecule has 0 radical (unpaired) electrons. The number of rotatable bonds is 7. The lowest BCUT2D eigenvalue weighted by Gasteiger charge is -2.38. The summed E-state index contributed by atoms with van der Waals surface area (Å²) in [4.78, 5) is 2.58. The van der Waals surface area contributed by atoms with Gasteiger partial charge in [0.25, 0.3) is 0 Å². The standard InChI is InChI=1S/C15H32N2S/c1-14(11-18-4)17(3)13-15(12-16-2)9-7-5-6-8-10-15/h14,16H,5-13H2,1-4H3. The molecule has 0 aromatic rings. The Hall–Kier alpha value is 0.270. The number of nitrogens with one attached hydrogen (secondary N) is 1. The van der Waals surface area contributed by atoms with Crippen molar-refractivity contribution < 1.29 is 0 Å². The molecule has 1 unspecified atom stereocenters. The zero-order valence-corrected chi connectivity index (χ0v) is 13.6. The van der Waals surface area contributed by atoms with E-state index < -0.39 is 0 Å². The Kier molecular flexibility index (Phi) is 7.66. The lowest BCUT2D eigenvalue weighted by atomic mass is 9.79. The van der Waals surface area contributed by atoms with Crippen LogP contribution >= 0.6 is 11.8 Å². The van der Waals surface area contributed by atoms with Crippen LogP contribution in [0.2, 0.25) is 0 Å². The lowest BCUT2D eigenvalue weighted by molar-refractivity contribution is 0.129. The van der Waals surface area contributed by atoms with E-state index in [9.17, 15) is 0 Å². The highest BCUT2D eigenvalue weighted by Gasteiger charge is 2.32. The van der Waals surface area contributed by atoms with Gasteiger partial charge in [0, 0.05) is 24.9 Å². The highest BCUT2D eigenvalue weighted by atomic mass is 32.2. The van der Waals surface area contributed by atoms with Gasteiger partial charge in [-0.15, -0.1) is 0 Å². The Labute approximate surface area is 118 Å². The largest absolute Gasteiger partial charge is 0.319 e. The van der Waals surface area contributed by atoms with Crippen LogP contribution in [0.5, 0.6) is 0 Å². The van der Waals surface area contributed by atoms with Gasteiger partial charge in [-0.25, -0.2) is 0 Å². The summed E-state index contributed by atoms with van der Waals surface area (Å²) in [5.41, 5.74) is 0.521. The normalized spacial score (nSPS) is 21.8. The molecular weight excluding hydrogens is 240 g/mol. The maximum atomic E-state index is 3.45. The molecule has 1 rings (SSSR count). The van der Waals surface area contributed by atoms with Gasteiger partial charge in [-0.05, 0) is 45.5 Å². The smallest absolute Gasteiger partial charge is 0.0155 e. The van der Waals surface area contributed by atoms with Crippen molar-refractivity contribution in [2.75, 3.05) is 39.2 Å². The van der Waals surface area contributed by atoms with Crippen LogP contribution < -0.4 is 5.32 Å². The molecule has 1 fully saturated rings. The zero-order chi connectivity index (χ0) is 13.4. The van der Waals surface area contributed by atoms with E-state index in [0.29, 0.717) is 11.5 Å². The van der Waals surface area contributed by atoms with Gasteiger partial charge in [-0.2, -0.15) is 11.8 Å². The van der Waals surface area contributed by atoms with Crippen molar-refractivity contribution >= 4 is 11.8 Å². The highest BCUT2D eigenvalue weighted by molar-refractivity contribution is 7.98. The average Bonchev–Trinajstić information content (AvgIpc) is 2.56. The molecule has 0 saturated heterocycles. The molecule has 0 aliphatic heterocycles. The molecule has 0 bridgehead atoms. The van der Waals surface area contributed by atoms with E-state index in [-0.39, 0.29) is 0 Å². The Morgan fingerprint density at radius 1 is 1.22 bits per heavy atom. The Balaban J connectivity index is 2.59. The number of thioether (sulfide) groups is 1. The predicted octanol–water partition coefficient (Wildman–Crippen LogP) is 3.23. The molecule has 0 spiro atoms. The average molecular weight is 273 g/mol. The molecule has 0 aromatic heterocycles. The number of hydrogen-bond donors (Lipinski definition) is 1. The maximum Gasteiger partial charge on any atom is 0.0155 e. The van der Waals surface area contributed by atoms with E-state index in [2.05, 4.69) is 37.5 Å². The van der Waals surface area contributed by atoms with Crippen LogP contribution in [-0.4, -0.2) is 50.1 Å². The molecule has 0 aromatic carbocycles. The topological polar surface area (TPSA) is 15.3 Å². The van der Waals surface area contributed by atoms with E-state index in [4.69, 9.17) is 0 Å². The zero-order valence-electron chi connectivity index (χ0n) is 12.8.